The number of anilines is 1. The van der Waals surface area contributed by atoms with Crippen LogP contribution in [0.3, 0.4) is 0 Å². The number of ether oxygens (including phenoxy) is 1. The van der Waals surface area contributed by atoms with Gasteiger partial charge in [0.2, 0.25) is 0 Å². The molecule has 1 aromatic carbocycles. The molecule has 0 fully saturated rings. The molecule has 10 heteroatoms. The van der Waals surface area contributed by atoms with Crippen molar-refractivity contribution in [1.29, 1.82) is 0 Å². The predicted molar refractivity (Wildman–Crippen MR) is 80.8 cm³/mol. The molecule has 0 bridgehead atoms. The molecule has 2 aromatic rings. The number of nitrogens with one attached hydrogen (secondary N) is 1. The molecule has 0 atom stereocenters. The molecule has 0 saturated heterocycles. The molecule has 2 rings (SSSR count). The van der Waals surface area contributed by atoms with Gasteiger partial charge in [-0.05, 0) is 24.3 Å². The molecule has 0 aliphatic heterocycles. The third-order valence-corrected chi connectivity index (χ3v) is 3.26. The van der Waals surface area contributed by atoms with E-state index >= 15 is 0 Å². The number of pyridine rings is 1. The minimum atomic E-state index is -4.61. The third kappa shape index (κ3) is 4.83. The van der Waals surface area contributed by atoms with Crippen molar-refractivity contribution in [3.05, 3.63) is 64.1 Å². The van der Waals surface area contributed by atoms with E-state index in [2.05, 4.69) is 10.1 Å². The van der Waals surface area contributed by atoms with Gasteiger partial charge < -0.3 is 15.3 Å². The van der Waals surface area contributed by atoms with Gasteiger partial charge in [-0.1, -0.05) is 11.6 Å². The van der Waals surface area contributed by atoms with Gasteiger partial charge >= 0.3 is 17.8 Å². The lowest BCUT2D eigenvalue weighted by Crippen LogP contribution is -2.35. The van der Waals surface area contributed by atoms with E-state index in [-0.39, 0.29) is 21.1 Å². The van der Waals surface area contributed by atoms with Crippen molar-refractivity contribution in [1.82, 2.24) is 0 Å². The molecule has 1 aromatic heterocycles. The molecule has 0 spiro atoms. The molecule has 1 heterocycles. The maximum atomic E-state index is 12.7. The Hall–Kier alpha value is -2.81. The zero-order valence-electron chi connectivity index (χ0n) is 12.3. The number of halogens is 4. The van der Waals surface area contributed by atoms with Crippen LogP contribution in [0.1, 0.15) is 16.1 Å². The van der Waals surface area contributed by atoms with Crippen molar-refractivity contribution in [3.8, 4) is 0 Å². The maximum Gasteiger partial charge on any atom is 0.416 e. The molecule has 1 N–H and O–H groups in total. The van der Waals surface area contributed by atoms with Crippen LogP contribution in [-0.4, -0.2) is 18.5 Å². The highest BCUT2D eigenvalue weighted by Gasteiger charge is 2.31. The van der Waals surface area contributed by atoms with E-state index in [0.29, 0.717) is 6.07 Å². The first-order chi connectivity index (χ1) is 11.7. The second-order valence-electron chi connectivity index (χ2n) is 4.73. The molecule has 25 heavy (non-hydrogen) atoms. The Morgan fingerprint density at radius 2 is 1.96 bits per heavy atom. The van der Waals surface area contributed by atoms with Crippen molar-refractivity contribution in [2.24, 2.45) is 0 Å². The highest BCUT2D eigenvalue weighted by molar-refractivity contribution is 6.33. The molecule has 0 aliphatic rings. The van der Waals surface area contributed by atoms with Crippen molar-refractivity contribution in [3.63, 3.8) is 0 Å². The molecular weight excluding hydrogens is 365 g/mol. The van der Waals surface area contributed by atoms with Crippen LogP contribution >= 0.6 is 11.6 Å². The van der Waals surface area contributed by atoms with Crippen LogP contribution < -0.4 is 10.0 Å². The van der Waals surface area contributed by atoms with E-state index < -0.39 is 30.2 Å². The highest BCUT2D eigenvalue weighted by atomic mass is 35.5. The Bertz CT molecular complexity index is 812. The molecular formula is C15H10ClF3N2O4. The summed E-state index contributed by atoms with van der Waals surface area (Å²) in [6.45, 7) is -0.805. The average molecular weight is 375 g/mol. The normalized spacial score (nSPS) is 11.0. The zero-order valence-corrected chi connectivity index (χ0v) is 13.1. The minimum Gasteiger partial charge on any atom is -0.618 e. The van der Waals surface area contributed by atoms with E-state index in [1.807, 2.05) is 0 Å². The van der Waals surface area contributed by atoms with Crippen molar-refractivity contribution in [2.45, 2.75) is 6.18 Å². The lowest BCUT2D eigenvalue weighted by atomic mass is 10.2. The van der Waals surface area contributed by atoms with Crippen molar-refractivity contribution < 1.29 is 32.2 Å². The van der Waals surface area contributed by atoms with E-state index in [0.717, 1.165) is 18.3 Å². The summed E-state index contributed by atoms with van der Waals surface area (Å²) in [7, 11) is 0. The zero-order chi connectivity index (χ0) is 18.6. The highest BCUT2D eigenvalue weighted by Crippen LogP contribution is 2.33. The number of aromatic nitrogens is 1. The monoisotopic (exact) mass is 374 g/mol. The standard InChI is InChI=1S/C15H10ClF3N2O4/c16-10-5-4-9(15(17,18)19)7-11(10)20-13(22)8-25-14(23)12-3-1-2-6-21(12)24/h1-7H,8H2,(H,20,22). The van der Waals surface area contributed by atoms with Gasteiger partial charge in [0.05, 0.1) is 16.3 Å². The van der Waals surface area contributed by atoms with E-state index in [4.69, 9.17) is 11.6 Å². The quantitative estimate of drug-likeness (QED) is 0.507. The molecule has 0 aliphatic carbocycles. The lowest BCUT2D eigenvalue weighted by molar-refractivity contribution is -0.608. The van der Waals surface area contributed by atoms with Gasteiger partial charge in [0.1, 0.15) is 0 Å². The number of hydrogen-bond acceptors (Lipinski definition) is 4. The number of benzene rings is 1. The summed E-state index contributed by atoms with van der Waals surface area (Å²) in [5.74, 6) is -1.97. The summed E-state index contributed by atoms with van der Waals surface area (Å²) in [6.07, 6.45) is -3.54. The number of carbonyl (C=O) groups excluding carboxylic acids is 2. The molecule has 132 valence electrons. The van der Waals surface area contributed by atoms with Crippen LogP contribution in [0.15, 0.2) is 42.6 Å². The van der Waals surface area contributed by atoms with Gasteiger partial charge in [-0.15, -0.1) is 0 Å². The fourth-order valence-electron chi connectivity index (χ4n) is 1.78. The smallest absolute Gasteiger partial charge is 0.416 e. The SMILES string of the molecule is O=C(COC(=O)c1cccc[n+]1[O-])Nc1cc(C(F)(F)F)ccc1Cl. The van der Waals surface area contributed by atoms with E-state index in [9.17, 15) is 28.0 Å². The average Bonchev–Trinajstić information content (AvgIpc) is 2.54. The maximum absolute atomic E-state index is 12.7. The number of hydrogen-bond donors (Lipinski definition) is 1. The molecule has 0 unspecified atom stereocenters. The van der Waals surface area contributed by atoms with Gasteiger partial charge in [0.25, 0.3) is 5.91 Å². The number of nitrogens with zero attached hydrogens (tertiary/aromatic N) is 1. The minimum absolute atomic E-state index is 0.117. The summed E-state index contributed by atoms with van der Waals surface area (Å²) < 4.78 is 42.9. The molecule has 6 nitrogen and oxygen atoms in total. The van der Waals surface area contributed by atoms with Crippen LogP contribution in [0.4, 0.5) is 18.9 Å². The molecule has 0 saturated carbocycles. The van der Waals surface area contributed by atoms with Crippen LogP contribution in [0.25, 0.3) is 0 Å². The Morgan fingerprint density at radius 3 is 2.60 bits per heavy atom. The van der Waals surface area contributed by atoms with Gasteiger partial charge in [0, 0.05) is 12.1 Å². The first kappa shape index (κ1) is 18.5. The summed E-state index contributed by atoms with van der Waals surface area (Å²) in [5, 5.41) is 13.4. The first-order valence-corrected chi connectivity index (χ1v) is 7.08. The number of esters is 1. The summed E-state index contributed by atoms with van der Waals surface area (Å²) in [5.41, 5.74) is -1.62. The number of amides is 1. The third-order valence-electron chi connectivity index (χ3n) is 2.94. The van der Waals surface area contributed by atoms with E-state index in [1.165, 1.54) is 18.2 Å². The van der Waals surface area contributed by atoms with Gasteiger partial charge in [-0.3, -0.25) is 4.79 Å². The first-order valence-electron chi connectivity index (χ1n) is 6.70. The van der Waals surface area contributed by atoms with Gasteiger partial charge in [-0.25, -0.2) is 4.79 Å². The van der Waals surface area contributed by atoms with Gasteiger partial charge in [-0.2, -0.15) is 17.9 Å². The Balaban J connectivity index is 2.01. The lowest BCUT2D eigenvalue weighted by Gasteiger charge is -2.11. The molecule has 0 radical (unpaired) electrons. The second-order valence-corrected chi connectivity index (χ2v) is 5.14. The van der Waals surface area contributed by atoms with Crippen molar-refractivity contribution in [2.75, 3.05) is 11.9 Å². The Morgan fingerprint density at radius 1 is 1.24 bits per heavy atom. The largest absolute Gasteiger partial charge is 0.618 e. The van der Waals surface area contributed by atoms with Crippen molar-refractivity contribution >= 4 is 29.2 Å². The topological polar surface area (TPSA) is 82.3 Å². The van der Waals surface area contributed by atoms with E-state index in [1.54, 1.807) is 0 Å². The van der Waals surface area contributed by atoms with Crippen LogP contribution in [0.5, 0.6) is 0 Å². The summed E-state index contributed by atoms with van der Waals surface area (Å²) in [4.78, 5) is 23.4. The fourth-order valence-corrected chi connectivity index (χ4v) is 1.94. The summed E-state index contributed by atoms with van der Waals surface area (Å²) in [6, 6.07) is 6.41. The number of alkyl halides is 3. The van der Waals surface area contributed by atoms with Crippen LogP contribution in [-0.2, 0) is 15.7 Å². The van der Waals surface area contributed by atoms with Crippen LogP contribution in [0.2, 0.25) is 5.02 Å². The van der Waals surface area contributed by atoms with Gasteiger partial charge in [0.15, 0.2) is 12.8 Å². The second kappa shape index (κ2) is 7.39. The Labute approximate surface area is 144 Å². The Kier molecular flexibility index (Phi) is 5.48. The summed E-state index contributed by atoms with van der Waals surface area (Å²) >= 11 is 5.74. The fraction of sp³-hybridized carbons (Fsp3) is 0.133. The number of carbonyl (C=O) groups is 2. The predicted octanol–water partition coefficient (Wildman–Crippen LogP) is 2.79. The number of rotatable bonds is 4. The van der Waals surface area contributed by atoms with Crippen LogP contribution in [0, 0.1) is 5.21 Å². The molecule has 1 amide bonds.